The number of ether oxygens (including phenoxy) is 1. The highest BCUT2D eigenvalue weighted by molar-refractivity contribution is 9.10. The predicted molar refractivity (Wildman–Crippen MR) is 91.9 cm³/mol. The average Bonchev–Trinajstić information content (AvgIpc) is 2.96. The number of aromatic nitrogens is 2. The van der Waals surface area contributed by atoms with Crippen LogP contribution < -0.4 is 0 Å². The maximum absolute atomic E-state index is 12.8. The van der Waals surface area contributed by atoms with Gasteiger partial charge in [0, 0.05) is 17.6 Å². The van der Waals surface area contributed by atoms with Gasteiger partial charge in [0.15, 0.2) is 0 Å². The molecule has 1 amide bonds. The Morgan fingerprint density at radius 2 is 2.13 bits per heavy atom. The zero-order valence-corrected chi connectivity index (χ0v) is 14.9. The number of carbonyl (C=O) groups is 1. The van der Waals surface area contributed by atoms with Crippen LogP contribution in [0.2, 0.25) is 0 Å². The highest BCUT2D eigenvalue weighted by Crippen LogP contribution is 2.19. The average molecular weight is 378 g/mol. The van der Waals surface area contributed by atoms with Gasteiger partial charge in [-0.05, 0) is 37.6 Å². The number of halogens is 1. The first kappa shape index (κ1) is 16.2. The van der Waals surface area contributed by atoms with E-state index < -0.39 is 0 Å². The molecule has 0 unspecified atom stereocenters. The summed E-state index contributed by atoms with van der Waals surface area (Å²) in [6.07, 6.45) is 2.71. The molecule has 1 fully saturated rings. The zero-order valence-electron chi connectivity index (χ0n) is 13.3. The number of rotatable bonds is 3. The zero-order chi connectivity index (χ0) is 16.4. The molecule has 1 aliphatic heterocycles. The highest BCUT2D eigenvalue weighted by atomic mass is 79.9. The second-order valence-electron chi connectivity index (χ2n) is 5.68. The summed E-state index contributed by atoms with van der Waals surface area (Å²) in [5.41, 5.74) is 2.46. The molecule has 0 saturated carbocycles. The van der Waals surface area contributed by atoms with Crippen molar-refractivity contribution in [1.29, 1.82) is 0 Å². The van der Waals surface area contributed by atoms with Crippen LogP contribution in [-0.4, -0.2) is 46.4 Å². The molecular weight excluding hydrogens is 358 g/mol. The molecule has 122 valence electrons. The molecule has 2 heterocycles. The Morgan fingerprint density at radius 3 is 2.83 bits per heavy atom. The largest absolute Gasteiger partial charge is 0.375 e. The third kappa shape index (κ3) is 3.33. The number of benzene rings is 1. The fraction of sp³-hybridized carbons (Fsp3) is 0.412. The van der Waals surface area contributed by atoms with Gasteiger partial charge in [0.1, 0.15) is 0 Å². The molecule has 1 saturated heterocycles. The third-order valence-electron chi connectivity index (χ3n) is 4.19. The van der Waals surface area contributed by atoms with Crippen molar-refractivity contribution >= 4 is 21.8 Å². The van der Waals surface area contributed by atoms with E-state index in [1.54, 1.807) is 10.9 Å². The summed E-state index contributed by atoms with van der Waals surface area (Å²) in [5, 5.41) is 4.39. The smallest absolute Gasteiger partial charge is 0.257 e. The first-order valence-electron chi connectivity index (χ1n) is 7.81. The second-order valence-corrected chi connectivity index (χ2v) is 6.60. The van der Waals surface area contributed by atoms with E-state index in [4.69, 9.17) is 4.74 Å². The lowest BCUT2D eigenvalue weighted by Crippen LogP contribution is -2.45. The van der Waals surface area contributed by atoms with Crippen molar-refractivity contribution in [3.8, 4) is 5.69 Å². The Morgan fingerprint density at radius 1 is 1.39 bits per heavy atom. The van der Waals surface area contributed by atoms with E-state index in [1.165, 1.54) is 0 Å². The number of amides is 1. The van der Waals surface area contributed by atoms with Crippen LogP contribution in [0.15, 0.2) is 34.9 Å². The van der Waals surface area contributed by atoms with Crippen molar-refractivity contribution in [2.24, 2.45) is 0 Å². The van der Waals surface area contributed by atoms with Crippen LogP contribution in [0.4, 0.5) is 0 Å². The van der Waals surface area contributed by atoms with E-state index in [-0.39, 0.29) is 12.0 Å². The minimum absolute atomic E-state index is 0.0348. The maximum Gasteiger partial charge on any atom is 0.257 e. The van der Waals surface area contributed by atoms with Gasteiger partial charge < -0.3 is 9.64 Å². The highest BCUT2D eigenvalue weighted by Gasteiger charge is 2.26. The monoisotopic (exact) mass is 377 g/mol. The summed E-state index contributed by atoms with van der Waals surface area (Å²) in [5.74, 6) is 0.0348. The number of hydrogen-bond acceptors (Lipinski definition) is 3. The van der Waals surface area contributed by atoms with Gasteiger partial charge in [0.05, 0.1) is 35.9 Å². The normalized spacial score (nSPS) is 18.2. The van der Waals surface area contributed by atoms with Gasteiger partial charge in [-0.3, -0.25) is 4.79 Å². The van der Waals surface area contributed by atoms with Crippen molar-refractivity contribution < 1.29 is 9.53 Å². The Labute approximate surface area is 144 Å². The van der Waals surface area contributed by atoms with Crippen LogP contribution in [-0.2, 0) is 4.74 Å². The summed E-state index contributed by atoms with van der Waals surface area (Å²) >= 11 is 3.43. The first-order valence-corrected chi connectivity index (χ1v) is 8.61. The molecule has 1 aliphatic rings. The Kier molecular flexibility index (Phi) is 4.82. The lowest BCUT2D eigenvalue weighted by Gasteiger charge is -2.32. The van der Waals surface area contributed by atoms with Crippen LogP contribution in [0.3, 0.4) is 0 Å². The SMILES string of the molecule is CC[C@@H]1CN(C(=O)c2cnn(-c3ccc(Br)cc3)c2C)CCO1. The van der Waals surface area contributed by atoms with Crippen LogP contribution in [0, 0.1) is 6.92 Å². The molecule has 0 N–H and O–H groups in total. The van der Waals surface area contributed by atoms with Crippen molar-refractivity contribution in [1.82, 2.24) is 14.7 Å². The van der Waals surface area contributed by atoms with Crippen molar-refractivity contribution in [2.45, 2.75) is 26.4 Å². The van der Waals surface area contributed by atoms with Gasteiger partial charge >= 0.3 is 0 Å². The predicted octanol–water partition coefficient (Wildman–Crippen LogP) is 3.19. The second kappa shape index (κ2) is 6.84. The molecule has 3 rings (SSSR count). The fourth-order valence-electron chi connectivity index (χ4n) is 2.78. The maximum atomic E-state index is 12.8. The summed E-state index contributed by atoms with van der Waals surface area (Å²) in [6.45, 7) is 5.90. The van der Waals surface area contributed by atoms with Crippen LogP contribution in [0.5, 0.6) is 0 Å². The van der Waals surface area contributed by atoms with Gasteiger partial charge in [0.25, 0.3) is 5.91 Å². The molecular formula is C17H20BrN3O2. The molecule has 5 nitrogen and oxygen atoms in total. The topological polar surface area (TPSA) is 47.4 Å². The fourth-order valence-corrected chi connectivity index (χ4v) is 3.05. The standard InChI is InChI=1S/C17H20BrN3O2/c1-3-15-11-20(8-9-23-15)17(22)16-10-19-21(12(16)2)14-6-4-13(18)5-7-14/h4-7,10,15H,3,8-9,11H2,1-2H3/t15-/m1/s1. The molecule has 1 aromatic heterocycles. The van der Waals surface area contributed by atoms with E-state index in [9.17, 15) is 4.79 Å². The van der Waals surface area contributed by atoms with Crippen LogP contribution in [0.1, 0.15) is 29.4 Å². The number of hydrogen-bond donors (Lipinski definition) is 0. The molecule has 6 heteroatoms. The molecule has 0 radical (unpaired) electrons. The van der Waals surface area contributed by atoms with Crippen LogP contribution >= 0.6 is 15.9 Å². The van der Waals surface area contributed by atoms with Gasteiger partial charge in [-0.15, -0.1) is 0 Å². The number of carbonyl (C=O) groups excluding carboxylic acids is 1. The third-order valence-corrected chi connectivity index (χ3v) is 4.72. The molecule has 0 spiro atoms. The van der Waals surface area contributed by atoms with E-state index in [1.807, 2.05) is 36.1 Å². The van der Waals surface area contributed by atoms with Gasteiger partial charge in [-0.2, -0.15) is 5.10 Å². The summed E-state index contributed by atoms with van der Waals surface area (Å²) < 4.78 is 8.46. The van der Waals surface area contributed by atoms with Crippen molar-refractivity contribution in [3.63, 3.8) is 0 Å². The lowest BCUT2D eigenvalue weighted by atomic mass is 10.1. The Bertz CT molecular complexity index is 696. The Balaban J connectivity index is 1.83. The molecule has 0 aliphatic carbocycles. The minimum Gasteiger partial charge on any atom is -0.375 e. The molecule has 0 bridgehead atoms. The number of morpholine rings is 1. The van der Waals surface area contributed by atoms with E-state index in [0.29, 0.717) is 25.3 Å². The summed E-state index contributed by atoms with van der Waals surface area (Å²) in [7, 11) is 0. The van der Waals surface area contributed by atoms with E-state index >= 15 is 0 Å². The molecule has 2 aromatic rings. The minimum atomic E-state index is 0.0348. The molecule has 23 heavy (non-hydrogen) atoms. The lowest BCUT2D eigenvalue weighted by molar-refractivity contribution is -0.0226. The van der Waals surface area contributed by atoms with Gasteiger partial charge in [0.2, 0.25) is 0 Å². The van der Waals surface area contributed by atoms with E-state index in [2.05, 4.69) is 28.0 Å². The Hall–Kier alpha value is -1.66. The number of nitrogens with zero attached hydrogens (tertiary/aromatic N) is 3. The van der Waals surface area contributed by atoms with Crippen molar-refractivity contribution in [2.75, 3.05) is 19.7 Å². The van der Waals surface area contributed by atoms with Gasteiger partial charge in [-0.1, -0.05) is 22.9 Å². The summed E-state index contributed by atoms with van der Waals surface area (Å²) in [4.78, 5) is 14.7. The first-order chi connectivity index (χ1) is 11.1. The quantitative estimate of drug-likeness (QED) is 0.824. The molecule has 1 atom stereocenters. The molecule has 1 aromatic carbocycles. The van der Waals surface area contributed by atoms with Crippen LogP contribution in [0.25, 0.3) is 5.69 Å². The summed E-state index contributed by atoms with van der Waals surface area (Å²) in [6, 6.07) is 7.87. The van der Waals surface area contributed by atoms with Crippen molar-refractivity contribution in [3.05, 3.63) is 46.2 Å². The van der Waals surface area contributed by atoms with E-state index in [0.717, 1.165) is 22.3 Å². The van der Waals surface area contributed by atoms with Gasteiger partial charge in [-0.25, -0.2) is 4.68 Å².